The third kappa shape index (κ3) is 7.41. The monoisotopic (exact) mass is 451 g/mol. The lowest BCUT2D eigenvalue weighted by molar-refractivity contribution is -0.148. The van der Waals surface area contributed by atoms with E-state index in [0.29, 0.717) is 36.5 Å². The van der Waals surface area contributed by atoms with Crippen LogP contribution in [0.25, 0.3) is 6.08 Å². The summed E-state index contributed by atoms with van der Waals surface area (Å²) in [4.78, 5) is 28.5. The van der Waals surface area contributed by atoms with E-state index < -0.39 is 0 Å². The first-order chi connectivity index (χ1) is 15.8. The van der Waals surface area contributed by atoms with Crippen LogP contribution in [-0.4, -0.2) is 29.1 Å². The van der Waals surface area contributed by atoms with E-state index in [1.54, 1.807) is 12.3 Å². The van der Waals surface area contributed by atoms with Crippen LogP contribution in [0, 0.1) is 23.7 Å². The lowest BCUT2D eigenvalue weighted by atomic mass is 9.64. The molecule has 0 saturated heterocycles. The Balaban J connectivity index is 1.80. The first-order valence-electron chi connectivity index (χ1n) is 12.1. The topological polar surface area (TPSA) is 65.5 Å². The molecule has 2 aliphatic rings. The number of pyridine rings is 1. The van der Waals surface area contributed by atoms with Crippen LogP contribution in [-0.2, 0) is 19.1 Å². The minimum absolute atomic E-state index is 0.112. The molecule has 2 aliphatic carbocycles. The second-order valence-electron chi connectivity index (χ2n) is 9.65. The second-order valence-corrected chi connectivity index (χ2v) is 9.65. The predicted octanol–water partition coefficient (Wildman–Crippen LogP) is 5.92. The third-order valence-corrected chi connectivity index (χ3v) is 6.93. The molecule has 1 aromatic rings. The van der Waals surface area contributed by atoms with Crippen molar-refractivity contribution in [1.29, 1.82) is 0 Å². The van der Waals surface area contributed by atoms with Crippen LogP contribution in [0.15, 0.2) is 54.3 Å². The highest BCUT2D eigenvalue weighted by Crippen LogP contribution is 2.44. The van der Waals surface area contributed by atoms with Gasteiger partial charge in [0.25, 0.3) is 0 Å². The zero-order valence-electron chi connectivity index (χ0n) is 20.3. The SMILES string of the molecule is CC(=O)O[C@@H]1C/C=C\C[C@@H](OC(=O)/C=C/c2ccccn2)C[C@H]2C(C)=CC[C@H](C(C)C)[C@H]2C1. The molecule has 0 bridgehead atoms. The van der Waals surface area contributed by atoms with Crippen molar-refractivity contribution in [2.75, 3.05) is 0 Å². The molecule has 0 saturated carbocycles. The van der Waals surface area contributed by atoms with E-state index in [2.05, 4.69) is 44.0 Å². The molecule has 33 heavy (non-hydrogen) atoms. The fourth-order valence-electron chi connectivity index (χ4n) is 5.28. The third-order valence-electron chi connectivity index (χ3n) is 6.93. The number of ether oxygens (including phenoxy) is 2. The van der Waals surface area contributed by atoms with Crippen molar-refractivity contribution in [1.82, 2.24) is 4.98 Å². The van der Waals surface area contributed by atoms with Gasteiger partial charge in [-0.2, -0.15) is 0 Å². The molecule has 0 radical (unpaired) electrons. The smallest absolute Gasteiger partial charge is 0.331 e. The average Bonchev–Trinajstić information content (AvgIpc) is 2.77. The van der Waals surface area contributed by atoms with Crippen molar-refractivity contribution < 1.29 is 19.1 Å². The Morgan fingerprint density at radius 3 is 2.42 bits per heavy atom. The number of hydrogen-bond acceptors (Lipinski definition) is 5. The van der Waals surface area contributed by atoms with Crippen molar-refractivity contribution in [3.63, 3.8) is 0 Å². The van der Waals surface area contributed by atoms with Crippen molar-refractivity contribution in [2.45, 2.75) is 72.0 Å². The van der Waals surface area contributed by atoms with Crippen LogP contribution in [0.1, 0.15) is 65.5 Å². The van der Waals surface area contributed by atoms with Crippen molar-refractivity contribution in [3.8, 4) is 0 Å². The Hall–Kier alpha value is -2.69. The second kappa shape index (κ2) is 12.0. The standard InChI is InChI=1S/C28H37NO4/c1-19(2)25-14-12-20(3)26-17-24(33-28(31)15-13-22-9-7-8-16-29-22)11-6-5-10-23(18-27(25)26)32-21(4)30/h5-9,12-13,15-16,19,23-27H,10-11,14,17-18H2,1-4H3/b6-5-,15-13+/t23-,24-,25-,26+,27-/m1/s1. The molecular formula is C28H37NO4. The van der Waals surface area contributed by atoms with Gasteiger partial charge >= 0.3 is 11.9 Å². The number of fused-ring (bicyclic) bond motifs is 1. The molecule has 0 spiro atoms. The maximum atomic E-state index is 12.6. The van der Waals surface area contributed by atoms with Gasteiger partial charge in [0.05, 0.1) is 5.69 Å². The first kappa shape index (κ1) is 24.9. The van der Waals surface area contributed by atoms with E-state index in [1.807, 2.05) is 18.2 Å². The highest BCUT2D eigenvalue weighted by Gasteiger charge is 2.38. The van der Waals surface area contributed by atoms with Crippen LogP contribution in [0.3, 0.4) is 0 Å². The van der Waals surface area contributed by atoms with Gasteiger partial charge in [-0.25, -0.2) is 4.79 Å². The quantitative estimate of drug-likeness (QED) is 0.316. The summed E-state index contributed by atoms with van der Waals surface area (Å²) in [5, 5.41) is 0. The van der Waals surface area contributed by atoms with Gasteiger partial charge in [0.15, 0.2) is 0 Å². The molecule has 178 valence electrons. The van der Waals surface area contributed by atoms with Gasteiger partial charge in [0.2, 0.25) is 0 Å². The highest BCUT2D eigenvalue weighted by molar-refractivity contribution is 5.86. The number of nitrogens with zero attached hydrogens (tertiary/aromatic N) is 1. The van der Waals surface area contributed by atoms with Gasteiger partial charge in [0, 0.05) is 32.0 Å². The van der Waals surface area contributed by atoms with Crippen LogP contribution in [0.4, 0.5) is 0 Å². The molecule has 0 amide bonds. The van der Waals surface area contributed by atoms with Crippen LogP contribution >= 0.6 is 0 Å². The van der Waals surface area contributed by atoms with Crippen molar-refractivity contribution >= 4 is 18.0 Å². The van der Waals surface area contributed by atoms with E-state index in [-0.39, 0.29) is 24.1 Å². The number of rotatable bonds is 5. The van der Waals surface area contributed by atoms with E-state index in [9.17, 15) is 9.59 Å². The molecule has 0 unspecified atom stereocenters. The van der Waals surface area contributed by atoms with Gasteiger partial charge in [-0.15, -0.1) is 0 Å². The Morgan fingerprint density at radius 1 is 1.06 bits per heavy atom. The maximum absolute atomic E-state index is 12.6. The highest BCUT2D eigenvalue weighted by atomic mass is 16.5. The molecule has 3 rings (SSSR count). The van der Waals surface area contributed by atoms with E-state index in [4.69, 9.17) is 9.47 Å². The molecule has 0 fully saturated rings. The molecule has 0 aliphatic heterocycles. The number of allylic oxidation sites excluding steroid dienone is 2. The summed E-state index contributed by atoms with van der Waals surface area (Å²) >= 11 is 0. The lowest BCUT2D eigenvalue weighted by Gasteiger charge is -2.42. The Bertz CT molecular complexity index is 886. The molecule has 0 N–H and O–H groups in total. The molecule has 1 heterocycles. The average molecular weight is 452 g/mol. The first-order valence-corrected chi connectivity index (χ1v) is 12.1. The van der Waals surface area contributed by atoms with Gasteiger partial charge in [0.1, 0.15) is 12.2 Å². The van der Waals surface area contributed by atoms with Crippen LogP contribution in [0.2, 0.25) is 0 Å². The fraction of sp³-hybridized carbons (Fsp3) is 0.536. The maximum Gasteiger partial charge on any atom is 0.331 e. The van der Waals surface area contributed by atoms with E-state index >= 15 is 0 Å². The lowest BCUT2D eigenvalue weighted by Crippen LogP contribution is -2.37. The van der Waals surface area contributed by atoms with Gasteiger partial charge in [-0.05, 0) is 68.1 Å². The van der Waals surface area contributed by atoms with Gasteiger partial charge in [-0.1, -0.05) is 43.7 Å². The molecular weight excluding hydrogens is 414 g/mol. The summed E-state index contributed by atoms with van der Waals surface area (Å²) in [6.45, 7) is 8.22. The summed E-state index contributed by atoms with van der Waals surface area (Å²) in [6, 6.07) is 5.58. The van der Waals surface area contributed by atoms with Crippen LogP contribution < -0.4 is 0 Å². The fourth-order valence-corrected chi connectivity index (χ4v) is 5.28. The van der Waals surface area contributed by atoms with E-state index in [1.165, 1.54) is 18.6 Å². The number of hydrogen-bond donors (Lipinski definition) is 0. The number of aromatic nitrogens is 1. The summed E-state index contributed by atoms with van der Waals surface area (Å²) in [5.41, 5.74) is 2.08. The van der Waals surface area contributed by atoms with Crippen molar-refractivity contribution in [3.05, 3.63) is 60.0 Å². The summed E-state index contributed by atoms with van der Waals surface area (Å²) in [5.74, 6) is 1.16. The molecule has 0 aromatic carbocycles. The Kier molecular flexibility index (Phi) is 9.04. The minimum Gasteiger partial charge on any atom is -0.462 e. The summed E-state index contributed by atoms with van der Waals surface area (Å²) in [7, 11) is 0. The van der Waals surface area contributed by atoms with E-state index in [0.717, 1.165) is 25.0 Å². The largest absolute Gasteiger partial charge is 0.462 e. The summed E-state index contributed by atoms with van der Waals surface area (Å²) in [6.07, 6.45) is 15.0. The summed E-state index contributed by atoms with van der Waals surface area (Å²) < 4.78 is 11.6. The Morgan fingerprint density at radius 2 is 1.79 bits per heavy atom. The van der Waals surface area contributed by atoms with Gasteiger partial charge in [-0.3, -0.25) is 9.78 Å². The molecule has 1 aromatic heterocycles. The van der Waals surface area contributed by atoms with Crippen molar-refractivity contribution in [2.24, 2.45) is 23.7 Å². The number of carbonyl (C=O) groups excluding carboxylic acids is 2. The molecule has 5 nitrogen and oxygen atoms in total. The number of carbonyl (C=O) groups is 2. The Labute approximate surface area is 198 Å². The zero-order chi connectivity index (χ0) is 23.8. The molecule has 5 atom stereocenters. The minimum atomic E-state index is -0.344. The van der Waals surface area contributed by atoms with Gasteiger partial charge < -0.3 is 9.47 Å². The predicted molar refractivity (Wildman–Crippen MR) is 130 cm³/mol. The normalized spacial score (nSPS) is 29.1. The zero-order valence-corrected chi connectivity index (χ0v) is 20.3. The van der Waals surface area contributed by atoms with Crippen LogP contribution in [0.5, 0.6) is 0 Å². The molecule has 5 heteroatoms. The number of esters is 2.